The predicted molar refractivity (Wildman–Crippen MR) is 90.6 cm³/mol. The van der Waals surface area contributed by atoms with Gasteiger partial charge < -0.3 is 10.1 Å². The highest BCUT2D eigenvalue weighted by Gasteiger charge is 2.30. The molecule has 0 aliphatic heterocycles. The Labute approximate surface area is 144 Å². The van der Waals surface area contributed by atoms with Crippen LogP contribution in [0.5, 0.6) is 5.75 Å². The summed E-state index contributed by atoms with van der Waals surface area (Å²) in [5, 5.41) is 2.58. The van der Waals surface area contributed by atoms with Crippen LogP contribution in [-0.4, -0.2) is 13.0 Å². The molecule has 1 N–H and O–H groups in total. The van der Waals surface area contributed by atoms with Crippen molar-refractivity contribution in [1.82, 2.24) is 0 Å². The number of carbonyl (C=O) groups excluding carboxylic acids is 1. The fourth-order valence-corrected chi connectivity index (χ4v) is 2.40. The number of alkyl halides is 3. The molecule has 2 rings (SSSR count). The Hall–Kier alpha value is -2.50. The number of halogens is 3. The van der Waals surface area contributed by atoms with Gasteiger partial charge in [-0.25, -0.2) is 0 Å². The molecule has 0 bridgehead atoms. The van der Waals surface area contributed by atoms with E-state index >= 15 is 0 Å². The molecule has 0 saturated heterocycles. The van der Waals surface area contributed by atoms with Crippen LogP contribution in [0.4, 0.5) is 18.9 Å². The molecule has 0 heterocycles. The summed E-state index contributed by atoms with van der Waals surface area (Å²) in [7, 11) is 0. The maximum absolute atomic E-state index is 12.6. The summed E-state index contributed by atoms with van der Waals surface area (Å²) in [4.78, 5) is 10.3. The predicted octanol–water partition coefficient (Wildman–Crippen LogP) is 5.07. The van der Waals surface area contributed by atoms with Gasteiger partial charge >= 0.3 is 6.18 Å². The molecule has 0 unspecified atom stereocenters. The monoisotopic (exact) mass is 351 g/mol. The summed E-state index contributed by atoms with van der Waals surface area (Å²) in [6.45, 7) is 0.392. The third-order valence-electron chi connectivity index (χ3n) is 3.72. The number of unbranched alkanes of at least 4 members (excludes halogenated alkanes) is 2. The van der Waals surface area contributed by atoms with Crippen molar-refractivity contribution in [2.75, 3.05) is 11.9 Å². The van der Waals surface area contributed by atoms with Crippen LogP contribution in [0.25, 0.3) is 0 Å². The fraction of sp³-hybridized carbons (Fsp3) is 0.316. The molecule has 0 spiro atoms. The van der Waals surface area contributed by atoms with Crippen molar-refractivity contribution < 1.29 is 22.7 Å². The highest BCUT2D eigenvalue weighted by Crippen LogP contribution is 2.31. The van der Waals surface area contributed by atoms with Crippen molar-refractivity contribution in [3.8, 4) is 5.75 Å². The highest BCUT2D eigenvalue weighted by molar-refractivity contribution is 5.71. The Morgan fingerprint density at radius 3 is 2.44 bits per heavy atom. The van der Waals surface area contributed by atoms with Gasteiger partial charge in [0, 0.05) is 5.69 Å². The van der Waals surface area contributed by atoms with E-state index in [0.29, 0.717) is 13.0 Å². The maximum atomic E-state index is 12.6. The lowest BCUT2D eigenvalue weighted by molar-refractivity contribution is -0.137. The molecule has 2 aromatic carbocycles. The van der Waals surface area contributed by atoms with Crippen molar-refractivity contribution >= 4 is 12.1 Å². The van der Waals surface area contributed by atoms with E-state index in [0.717, 1.165) is 43.5 Å². The molecule has 25 heavy (non-hydrogen) atoms. The van der Waals surface area contributed by atoms with Gasteiger partial charge in [-0.05, 0) is 61.6 Å². The van der Waals surface area contributed by atoms with E-state index in [9.17, 15) is 18.0 Å². The SMILES string of the molecule is O=CNc1ccc(CCCCCOc2cccc(C(F)(F)F)c2)cc1. The van der Waals surface area contributed by atoms with E-state index in [1.807, 2.05) is 24.3 Å². The fourth-order valence-electron chi connectivity index (χ4n) is 2.40. The van der Waals surface area contributed by atoms with Gasteiger partial charge in [0.2, 0.25) is 6.41 Å². The molecular formula is C19H20F3NO2. The first kappa shape index (κ1) is 18.8. The van der Waals surface area contributed by atoms with Gasteiger partial charge in [0.05, 0.1) is 12.2 Å². The van der Waals surface area contributed by atoms with Crippen LogP contribution in [0.2, 0.25) is 0 Å². The third kappa shape index (κ3) is 6.49. The van der Waals surface area contributed by atoms with E-state index in [1.54, 1.807) is 0 Å². The van der Waals surface area contributed by atoms with Crippen molar-refractivity contribution in [2.45, 2.75) is 31.9 Å². The molecule has 0 radical (unpaired) electrons. The lowest BCUT2D eigenvalue weighted by Crippen LogP contribution is -2.05. The summed E-state index contributed by atoms with van der Waals surface area (Å²) >= 11 is 0. The summed E-state index contributed by atoms with van der Waals surface area (Å²) < 4.78 is 43.2. The lowest BCUT2D eigenvalue weighted by atomic mass is 10.1. The molecule has 6 heteroatoms. The Kier molecular flexibility index (Phi) is 6.86. The minimum atomic E-state index is -4.35. The number of carbonyl (C=O) groups is 1. The zero-order valence-electron chi connectivity index (χ0n) is 13.7. The second kappa shape index (κ2) is 9.11. The second-order valence-corrected chi connectivity index (χ2v) is 5.64. The first-order valence-corrected chi connectivity index (χ1v) is 8.08. The number of ether oxygens (including phenoxy) is 1. The number of anilines is 1. The summed E-state index contributed by atoms with van der Waals surface area (Å²) in [5.74, 6) is 0.244. The van der Waals surface area contributed by atoms with Crippen LogP contribution in [-0.2, 0) is 17.4 Å². The molecule has 134 valence electrons. The topological polar surface area (TPSA) is 38.3 Å². The van der Waals surface area contributed by atoms with Gasteiger partial charge in [-0.2, -0.15) is 13.2 Å². The van der Waals surface area contributed by atoms with Gasteiger partial charge in [0.25, 0.3) is 0 Å². The van der Waals surface area contributed by atoms with Crippen molar-refractivity contribution in [3.63, 3.8) is 0 Å². The standard InChI is InChI=1S/C19H20F3NO2/c20-19(21,22)16-6-4-7-18(13-16)25-12-3-1-2-5-15-8-10-17(11-9-15)23-14-24/h4,6-11,13-14H,1-3,5,12H2,(H,23,24). The lowest BCUT2D eigenvalue weighted by Gasteiger charge is -2.10. The van der Waals surface area contributed by atoms with Crippen molar-refractivity contribution in [1.29, 1.82) is 0 Å². The Bertz CT molecular complexity index is 669. The van der Waals surface area contributed by atoms with Gasteiger partial charge in [-0.3, -0.25) is 4.79 Å². The molecule has 0 atom stereocenters. The van der Waals surface area contributed by atoms with Gasteiger partial charge in [-0.1, -0.05) is 18.2 Å². The van der Waals surface area contributed by atoms with Crippen LogP contribution in [0.3, 0.4) is 0 Å². The second-order valence-electron chi connectivity index (χ2n) is 5.64. The molecule has 1 amide bonds. The number of hydrogen-bond donors (Lipinski definition) is 1. The van der Waals surface area contributed by atoms with Crippen molar-refractivity contribution in [2.24, 2.45) is 0 Å². The molecule has 0 fully saturated rings. The smallest absolute Gasteiger partial charge is 0.416 e. The zero-order valence-corrected chi connectivity index (χ0v) is 13.7. The largest absolute Gasteiger partial charge is 0.494 e. The van der Waals surface area contributed by atoms with Crippen LogP contribution < -0.4 is 10.1 Å². The van der Waals surface area contributed by atoms with E-state index in [-0.39, 0.29) is 5.75 Å². The summed E-state index contributed by atoms with van der Waals surface area (Å²) in [6, 6.07) is 12.6. The molecule has 0 saturated carbocycles. The number of hydrogen-bond acceptors (Lipinski definition) is 2. The minimum Gasteiger partial charge on any atom is -0.494 e. The summed E-state index contributed by atoms with van der Waals surface area (Å²) in [6.07, 6.45) is -0.138. The van der Waals surface area contributed by atoms with Crippen LogP contribution >= 0.6 is 0 Å². The van der Waals surface area contributed by atoms with Crippen LogP contribution in [0.15, 0.2) is 48.5 Å². The molecular weight excluding hydrogens is 331 g/mol. The Morgan fingerprint density at radius 1 is 1.00 bits per heavy atom. The molecule has 3 nitrogen and oxygen atoms in total. The van der Waals surface area contributed by atoms with E-state index in [2.05, 4.69) is 5.32 Å². The van der Waals surface area contributed by atoms with E-state index < -0.39 is 11.7 Å². The van der Waals surface area contributed by atoms with Gasteiger partial charge in [0.1, 0.15) is 5.75 Å². The number of aryl methyl sites for hydroxylation is 1. The molecule has 0 aliphatic carbocycles. The highest BCUT2D eigenvalue weighted by atomic mass is 19.4. The maximum Gasteiger partial charge on any atom is 0.416 e. The van der Waals surface area contributed by atoms with Crippen molar-refractivity contribution in [3.05, 3.63) is 59.7 Å². The Balaban J connectivity index is 1.66. The average molecular weight is 351 g/mol. The number of benzene rings is 2. The van der Waals surface area contributed by atoms with Gasteiger partial charge in [0.15, 0.2) is 0 Å². The van der Waals surface area contributed by atoms with Crippen LogP contribution in [0, 0.1) is 0 Å². The average Bonchev–Trinajstić information content (AvgIpc) is 2.59. The first-order chi connectivity index (χ1) is 12.0. The third-order valence-corrected chi connectivity index (χ3v) is 3.72. The number of nitrogens with one attached hydrogen (secondary N) is 1. The van der Waals surface area contributed by atoms with Crippen LogP contribution in [0.1, 0.15) is 30.4 Å². The quantitative estimate of drug-likeness (QED) is 0.506. The number of rotatable bonds is 9. The number of amides is 1. The Morgan fingerprint density at radius 2 is 1.76 bits per heavy atom. The molecule has 0 aliphatic rings. The first-order valence-electron chi connectivity index (χ1n) is 8.08. The normalized spacial score (nSPS) is 11.2. The molecule has 0 aromatic heterocycles. The van der Waals surface area contributed by atoms with Gasteiger partial charge in [-0.15, -0.1) is 0 Å². The van der Waals surface area contributed by atoms with E-state index in [1.165, 1.54) is 17.7 Å². The van der Waals surface area contributed by atoms with E-state index in [4.69, 9.17) is 4.74 Å². The zero-order chi connectivity index (χ0) is 18.1. The summed E-state index contributed by atoms with van der Waals surface area (Å²) in [5.41, 5.74) is 1.24. The minimum absolute atomic E-state index is 0.244. The molecule has 2 aromatic rings.